The lowest BCUT2D eigenvalue weighted by molar-refractivity contribution is -0.915. The Morgan fingerprint density at radius 3 is 2.77 bits per heavy atom. The van der Waals surface area contributed by atoms with Gasteiger partial charge in [-0.25, -0.2) is 9.97 Å². The molecule has 0 saturated carbocycles. The number of anilines is 1. The second-order valence-electron chi connectivity index (χ2n) is 9.26. The standard InChI is InChI=1S/C24H29N7O5S3/c1-5-31(3,9-16-13(2)26-12-39-16)8-6-7-14-10-37-22-18(21(33)30(22)19(14)23(34)35)28-20(32)17(29-36-4)15-11-38-24(25)27-15/h6-7,11-12,18,22H,5,8-10H2,1-4H3,(H3-,25,27,28,32,34,35)/b7-6+,29-17-/t18-,22+,31?/m1/s1. The summed E-state index contributed by atoms with van der Waals surface area (Å²) in [6.45, 7) is 6.46. The Hall–Kier alpha value is -3.27. The van der Waals surface area contributed by atoms with E-state index in [4.69, 9.17) is 10.6 Å². The molecule has 2 aromatic rings. The lowest BCUT2D eigenvalue weighted by Crippen LogP contribution is -2.71. The molecule has 0 bridgehead atoms. The van der Waals surface area contributed by atoms with Crippen LogP contribution in [0.3, 0.4) is 0 Å². The predicted octanol–water partition coefficient (Wildman–Crippen LogP) is 0.468. The summed E-state index contributed by atoms with van der Waals surface area (Å²) in [5, 5.41) is 19.7. The fourth-order valence-electron chi connectivity index (χ4n) is 4.24. The average molecular weight is 592 g/mol. The number of carboxylic acid groups (broad SMARTS) is 1. The van der Waals surface area contributed by atoms with Crippen molar-refractivity contribution in [2.75, 3.05) is 38.7 Å². The first-order valence-corrected chi connectivity index (χ1v) is 14.8. The SMILES string of the molecule is CC[N+](C)(C/C=C/C1=C(C(=O)[O-])N2C(=O)[C@@H](NC(=O)/C(=N\OC)c3csc(N)n3)[C@@H]2SC1)Cc1scnc1C. The van der Waals surface area contributed by atoms with Gasteiger partial charge in [0, 0.05) is 11.1 Å². The highest BCUT2D eigenvalue weighted by Crippen LogP contribution is 2.40. The van der Waals surface area contributed by atoms with Gasteiger partial charge in [0.1, 0.15) is 30.8 Å². The van der Waals surface area contributed by atoms with E-state index in [1.54, 1.807) is 22.8 Å². The summed E-state index contributed by atoms with van der Waals surface area (Å²) in [4.78, 5) is 53.6. The van der Waals surface area contributed by atoms with Gasteiger partial charge in [0.2, 0.25) is 0 Å². The van der Waals surface area contributed by atoms with Gasteiger partial charge in [-0.3, -0.25) is 14.5 Å². The van der Waals surface area contributed by atoms with Crippen molar-refractivity contribution in [1.82, 2.24) is 20.2 Å². The molecule has 2 aliphatic rings. The number of carbonyl (C=O) groups is 3. The normalized spacial score (nSPS) is 21.0. The van der Waals surface area contributed by atoms with E-state index in [0.717, 1.165) is 34.6 Å². The van der Waals surface area contributed by atoms with Crippen LogP contribution in [0, 0.1) is 6.92 Å². The van der Waals surface area contributed by atoms with Crippen molar-refractivity contribution >= 4 is 63.1 Å². The minimum absolute atomic E-state index is 0.137. The van der Waals surface area contributed by atoms with Crippen molar-refractivity contribution in [1.29, 1.82) is 0 Å². The molecule has 15 heteroatoms. The van der Waals surface area contributed by atoms with Crippen molar-refractivity contribution in [3.8, 4) is 0 Å². The zero-order chi connectivity index (χ0) is 28.3. The smallest absolute Gasteiger partial charge is 0.276 e. The molecule has 12 nitrogen and oxygen atoms in total. The molecule has 1 fully saturated rings. The van der Waals surface area contributed by atoms with E-state index in [9.17, 15) is 19.5 Å². The maximum absolute atomic E-state index is 13.0. The molecule has 39 heavy (non-hydrogen) atoms. The molecule has 2 aromatic heterocycles. The number of hydrogen-bond acceptors (Lipinski definition) is 12. The minimum atomic E-state index is -1.44. The van der Waals surface area contributed by atoms with Crippen molar-refractivity contribution in [2.24, 2.45) is 5.16 Å². The number of β-lactam (4-membered cyclic amide) rings is 1. The summed E-state index contributed by atoms with van der Waals surface area (Å²) in [6.07, 6.45) is 3.70. The predicted molar refractivity (Wildman–Crippen MR) is 148 cm³/mol. The molecular weight excluding hydrogens is 563 g/mol. The number of amides is 2. The first-order valence-electron chi connectivity index (χ1n) is 12.0. The first kappa shape index (κ1) is 28.7. The lowest BCUT2D eigenvalue weighted by Gasteiger charge is -2.50. The number of fused-ring (bicyclic) bond motifs is 1. The molecule has 0 spiro atoms. The number of aryl methyl sites for hydroxylation is 1. The molecule has 2 amide bonds. The molecule has 0 aliphatic carbocycles. The highest BCUT2D eigenvalue weighted by atomic mass is 32.2. The Kier molecular flexibility index (Phi) is 8.73. The van der Waals surface area contributed by atoms with Crippen LogP contribution in [0.25, 0.3) is 0 Å². The summed E-state index contributed by atoms with van der Waals surface area (Å²) in [5.41, 5.74) is 8.91. The quantitative estimate of drug-likeness (QED) is 0.164. The van der Waals surface area contributed by atoms with E-state index in [0.29, 0.717) is 17.9 Å². The summed E-state index contributed by atoms with van der Waals surface area (Å²) < 4.78 is 0.718. The van der Waals surface area contributed by atoms with Crippen LogP contribution in [-0.2, 0) is 25.8 Å². The fraction of sp³-hybridized carbons (Fsp3) is 0.417. The number of hydrogen-bond donors (Lipinski definition) is 2. The number of rotatable bonds is 11. The summed E-state index contributed by atoms with van der Waals surface area (Å²) in [5.74, 6) is -2.33. The van der Waals surface area contributed by atoms with Crippen LogP contribution >= 0.6 is 34.4 Å². The first-order chi connectivity index (χ1) is 18.6. The number of aromatic nitrogens is 2. The molecule has 4 rings (SSSR count). The second kappa shape index (κ2) is 11.9. The van der Waals surface area contributed by atoms with Gasteiger partial charge >= 0.3 is 0 Å². The molecule has 3 N–H and O–H groups in total. The minimum Gasteiger partial charge on any atom is -0.543 e. The number of quaternary nitrogens is 1. The van der Waals surface area contributed by atoms with Crippen molar-refractivity contribution in [3.63, 3.8) is 0 Å². The van der Waals surface area contributed by atoms with Crippen molar-refractivity contribution in [2.45, 2.75) is 31.8 Å². The second-order valence-corrected chi connectivity index (χ2v) is 12.2. The number of nitrogens with zero attached hydrogens (tertiary/aromatic N) is 5. The van der Waals surface area contributed by atoms with E-state index >= 15 is 0 Å². The topological polar surface area (TPSA) is 163 Å². The zero-order valence-corrected chi connectivity index (χ0v) is 24.3. The van der Waals surface area contributed by atoms with Crippen LogP contribution in [0.1, 0.15) is 23.2 Å². The molecule has 208 valence electrons. The third kappa shape index (κ3) is 6.00. The lowest BCUT2D eigenvalue weighted by atomic mass is 10.0. The molecule has 3 atom stereocenters. The number of aliphatic carboxylic acids is 1. The number of allylic oxidation sites excluding steroid dienone is 1. The van der Waals surface area contributed by atoms with Gasteiger partial charge in [0.05, 0.1) is 47.9 Å². The maximum Gasteiger partial charge on any atom is 0.276 e. The highest BCUT2D eigenvalue weighted by molar-refractivity contribution is 8.00. The van der Waals surface area contributed by atoms with Crippen LogP contribution in [0.4, 0.5) is 5.13 Å². The van der Waals surface area contributed by atoms with Crippen LogP contribution in [0.5, 0.6) is 0 Å². The molecule has 2 aliphatic heterocycles. The Morgan fingerprint density at radius 2 is 2.18 bits per heavy atom. The number of carbonyl (C=O) groups excluding carboxylic acids is 3. The fourth-order valence-corrected chi connectivity index (χ4v) is 7.06. The van der Waals surface area contributed by atoms with Crippen molar-refractivity contribution < 1.29 is 28.8 Å². The van der Waals surface area contributed by atoms with Crippen LogP contribution in [0.2, 0.25) is 0 Å². The monoisotopic (exact) mass is 591 g/mol. The van der Waals surface area contributed by atoms with Gasteiger partial charge in [-0.1, -0.05) is 11.2 Å². The number of carboxylic acids is 1. The average Bonchev–Trinajstić information content (AvgIpc) is 3.52. The highest BCUT2D eigenvalue weighted by Gasteiger charge is 2.53. The number of thioether (sulfide) groups is 1. The van der Waals surface area contributed by atoms with Gasteiger partial charge < -0.3 is 30.3 Å². The number of oxime groups is 1. The van der Waals surface area contributed by atoms with Gasteiger partial charge in [-0.05, 0) is 25.5 Å². The van der Waals surface area contributed by atoms with E-state index in [1.165, 1.54) is 28.6 Å². The third-order valence-electron chi connectivity index (χ3n) is 6.64. The zero-order valence-electron chi connectivity index (χ0n) is 21.9. The summed E-state index contributed by atoms with van der Waals surface area (Å²) in [7, 11) is 3.42. The molecule has 0 aromatic carbocycles. The number of likely N-dealkylation sites (N-methyl/N-ethyl adjacent to an activating group) is 1. The van der Waals surface area contributed by atoms with Crippen molar-refractivity contribution in [3.05, 3.63) is 50.6 Å². The largest absolute Gasteiger partial charge is 0.543 e. The number of thiazole rings is 2. The molecule has 4 heterocycles. The molecule has 0 radical (unpaired) electrons. The van der Waals surface area contributed by atoms with E-state index in [2.05, 4.69) is 34.4 Å². The summed E-state index contributed by atoms with van der Waals surface area (Å²) in [6, 6.07) is -0.942. The summed E-state index contributed by atoms with van der Waals surface area (Å²) >= 11 is 4.12. The van der Waals surface area contributed by atoms with Gasteiger partial charge in [-0.15, -0.1) is 34.4 Å². The Labute approximate surface area is 237 Å². The van der Waals surface area contributed by atoms with E-state index < -0.39 is 29.2 Å². The molecule has 1 unspecified atom stereocenters. The maximum atomic E-state index is 13.0. The number of nitrogens with one attached hydrogen (secondary N) is 1. The van der Waals surface area contributed by atoms with Crippen LogP contribution in [-0.4, -0.2) is 87.3 Å². The molecule has 1 saturated heterocycles. The van der Waals surface area contributed by atoms with Gasteiger partial charge in [-0.2, -0.15) is 0 Å². The molecular formula is C24H29N7O5S3. The number of nitrogens with two attached hydrogens (primary N) is 1. The van der Waals surface area contributed by atoms with E-state index in [-0.39, 0.29) is 22.2 Å². The van der Waals surface area contributed by atoms with Gasteiger partial charge in [0.15, 0.2) is 10.8 Å². The van der Waals surface area contributed by atoms with Crippen LogP contribution < -0.4 is 16.2 Å². The number of nitrogen functional groups attached to an aromatic ring is 1. The van der Waals surface area contributed by atoms with E-state index in [1.807, 2.05) is 18.5 Å². The Bertz CT molecular complexity index is 1370. The van der Waals surface area contributed by atoms with Gasteiger partial charge in [0.25, 0.3) is 11.8 Å². The van der Waals surface area contributed by atoms with Crippen LogP contribution in [0.15, 0.2) is 39.5 Å². The Morgan fingerprint density at radius 1 is 1.41 bits per heavy atom. The Balaban J connectivity index is 1.47. The third-order valence-corrected chi connectivity index (χ3v) is 9.53.